The number of benzene rings is 2. The van der Waals surface area contributed by atoms with Crippen LogP contribution in [-0.2, 0) is 6.54 Å². The monoisotopic (exact) mass is 330 g/mol. The summed E-state index contributed by atoms with van der Waals surface area (Å²) >= 11 is 3.47. The number of nitrogens with one attached hydrogen (secondary N) is 1. The molecular formula is C16H15BrN2O. The number of ether oxygens (including phenoxy) is 1. The Morgan fingerprint density at radius 1 is 1.20 bits per heavy atom. The first kappa shape index (κ1) is 14.6. The SMILES string of the molecule is CNCc1ccc(Oc2ccc(C)cc2Br)c(C#N)c1. The third-order valence-corrected chi connectivity index (χ3v) is 3.47. The summed E-state index contributed by atoms with van der Waals surface area (Å²) in [6.07, 6.45) is 0. The first-order valence-corrected chi connectivity index (χ1v) is 7.05. The largest absolute Gasteiger partial charge is 0.455 e. The van der Waals surface area contributed by atoms with E-state index in [1.165, 1.54) is 0 Å². The topological polar surface area (TPSA) is 45.0 Å². The van der Waals surface area contributed by atoms with Crippen LogP contribution in [0.25, 0.3) is 0 Å². The van der Waals surface area contributed by atoms with E-state index in [4.69, 9.17) is 4.74 Å². The Bertz CT molecular complexity index is 662. The zero-order valence-corrected chi connectivity index (χ0v) is 13.0. The normalized spacial score (nSPS) is 10.1. The van der Waals surface area contributed by atoms with Crippen molar-refractivity contribution in [1.82, 2.24) is 5.32 Å². The van der Waals surface area contributed by atoms with Crippen molar-refractivity contribution in [2.24, 2.45) is 0 Å². The second kappa shape index (κ2) is 6.56. The average molecular weight is 331 g/mol. The van der Waals surface area contributed by atoms with Crippen molar-refractivity contribution in [2.75, 3.05) is 7.05 Å². The molecule has 0 spiro atoms. The van der Waals surface area contributed by atoms with Crippen LogP contribution in [0.3, 0.4) is 0 Å². The molecule has 2 aromatic rings. The van der Waals surface area contributed by atoms with Gasteiger partial charge in [-0.15, -0.1) is 0 Å². The van der Waals surface area contributed by atoms with Crippen LogP contribution in [0, 0.1) is 18.3 Å². The molecule has 0 saturated carbocycles. The zero-order chi connectivity index (χ0) is 14.5. The minimum Gasteiger partial charge on any atom is -0.455 e. The lowest BCUT2D eigenvalue weighted by Gasteiger charge is -2.11. The second-order valence-electron chi connectivity index (χ2n) is 4.51. The molecule has 0 bridgehead atoms. The highest BCUT2D eigenvalue weighted by atomic mass is 79.9. The molecule has 102 valence electrons. The van der Waals surface area contributed by atoms with Crippen LogP contribution in [-0.4, -0.2) is 7.05 Å². The van der Waals surface area contributed by atoms with Crippen LogP contribution in [0.5, 0.6) is 11.5 Å². The van der Waals surface area contributed by atoms with Gasteiger partial charge in [-0.05, 0) is 65.3 Å². The highest BCUT2D eigenvalue weighted by Gasteiger charge is 2.08. The molecule has 2 aromatic carbocycles. The number of rotatable bonds is 4. The van der Waals surface area contributed by atoms with Crippen LogP contribution >= 0.6 is 15.9 Å². The Labute approximate surface area is 127 Å². The molecule has 0 aliphatic heterocycles. The van der Waals surface area contributed by atoms with Crippen molar-refractivity contribution in [3.63, 3.8) is 0 Å². The third-order valence-electron chi connectivity index (χ3n) is 2.85. The van der Waals surface area contributed by atoms with Crippen molar-refractivity contribution >= 4 is 15.9 Å². The Balaban J connectivity index is 2.31. The lowest BCUT2D eigenvalue weighted by atomic mass is 10.1. The maximum Gasteiger partial charge on any atom is 0.145 e. The van der Waals surface area contributed by atoms with E-state index in [0.717, 1.165) is 22.1 Å². The molecular weight excluding hydrogens is 316 g/mol. The minimum atomic E-state index is 0.533. The van der Waals surface area contributed by atoms with Crippen LogP contribution < -0.4 is 10.1 Å². The summed E-state index contributed by atoms with van der Waals surface area (Å²) in [5, 5.41) is 12.3. The molecule has 4 heteroatoms. The molecule has 0 radical (unpaired) electrons. The van der Waals surface area contributed by atoms with Crippen molar-refractivity contribution < 1.29 is 4.74 Å². The predicted molar refractivity (Wildman–Crippen MR) is 82.9 cm³/mol. The highest BCUT2D eigenvalue weighted by molar-refractivity contribution is 9.10. The van der Waals surface area contributed by atoms with Gasteiger partial charge >= 0.3 is 0 Å². The quantitative estimate of drug-likeness (QED) is 0.916. The van der Waals surface area contributed by atoms with Crippen molar-refractivity contribution in [1.29, 1.82) is 5.26 Å². The minimum absolute atomic E-state index is 0.533. The van der Waals surface area contributed by atoms with Crippen molar-refractivity contribution in [3.8, 4) is 17.6 Å². The molecule has 3 nitrogen and oxygen atoms in total. The smallest absolute Gasteiger partial charge is 0.145 e. The van der Waals surface area contributed by atoms with Gasteiger partial charge in [0.15, 0.2) is 0 Å². The summed E-state index contributed by atoms with van der Waals surface area (Å²) in [7, 11) is 1.87. The molecule has 0 aliphatic carbocycles. The maximum absolute atomic E-state index is 9.24. The molecule has 0 amide bonds. The van der Waals surface area contributed by atoms with E-state index >= 15 is 0 Å². The number of nitriles is 1. The fourth-order valence-electron chi connectivity index (χ4n) is 1.87. The Morgan fingerprint density at radius 3 is 2.60 bits per heavy atom. The number of hydrogen-bond donors (Lipinski definition) is 1. The van der Waals surface area contributed by atoms with Gasteiger partial charge in [0.1, 0.15) is 17.6 Å². The average Bonchev–Trinajstić information content (AvgIpc) is 2.43. The summed E-state index contributed by atoms with van der Waals surface area (Å²) in [5.41, 5.74) is 2.73. The summed E-state index contributed by atoms with van der Waals surface area (Å²) in [6.45, 7) is 2.74. The zero-order valence-electron chi connectivity index (χ0n) is 11.4. The fraction of sp³-hybridized carbons (Fsp3) is 0.188. The Kier molecular flexibility index (Phi) is 4.78. The van der Waals surface area contributed by atoms with E-state index in [1.807, 2.05) is 50.4 Å². The maximum atomic E-state index is 9.24. The van der Waals surface area contributed by atoms with Gasteiger partial charge in [0, 0.05) is 6.54 Å². The van der Waals surface area contributed by atoms with Gasteiger partial charge in [-0.1, -0.05) is 12.1 Å². The van der Waals surface area contributed by atoms with Gasteiger partial charge in [-0.3, -0.25) is 0 Å². The molecule has 0 heterocycles. The van der Waals surface area contributed by atoms with Gasteiger partial charge in [0.25, 0.3) is 0 Å². The standard InChI is InChI=1S/C16H15BrN2O/c1-11-3-5-16(14(17)7-11)20-15-6-4-12(10-19-2)8-13(15)9-18/h3-8,19H,10H2,1-2H3. The highest BCUT2D eigenvalue weighted by Crippen LogP contribution is 2.32. The number of hydrogen-bond acceptors (Lipinski definition) is 3. The number of halogens is 1. The third kappa shape index (κ3) is 3.38. The van der Waals surface area contributed by atoms with Gasteiger partial charge in [-0.25, -0.2) is 0 Å². The van der Waals surface area contributed by atoms with E-state index in [0.29, 0.717) is 17.1 Å². The first-order chi connectivity index (χ1) is 9.63. The lowest BCUT2D eigenvalue weighted by Crippen LogP contribution is -2.05. The van der Waals surface area contributed by atoms with E-state index in [-0.39, 0.29) is 0 Å². The summed E-state index contributed by atoms with van der Waals surface area (Å²) in [6, 6.07) is 13.7. The molecule has 1 N–H and O–H groups in total. The Hall–Kier alpha value is -1.83. The van der Waals surface area contributed by atoms with Crippen LogP contribution in [0.1, 0.15) is 16.7 Å². The summed E-state index contributed by atoms with van der Waals surface area (Å²) in [5.74, 6) is 1.27. The van der Waals surface area contributed by atoms with Gasteiger partial charge in [-0.2, -0.15) is 5.26 Å². The van der Waals surface area contributed by atoms with Gasteiger partial charge < -0.3 is 10.1 Å². The predicted octanol–water partition coefficient (Wildman–Crippen LogP) is 4.14. The fourth-order valence-corrected chi connectivity index (χ4v) is 2.45. The summed E-state index contributed by atoms with van der Waals surface area (Å²) in [4.78, 5) is 0. The van der Waals surface area contributed by atoms with Crippen molar-refractivity contribution in [2.45, 2.75) is 13.5 Å². The van der Waals surface area contributed by atoms with E-state index in [9.17, 15) is 5.26 Å². The van der Waals surface area contributed by atoms with E-state index in [1.54, 1.807) is 0 Å². The van der Waals surface area contributed by atoms with E-state index in [2.05, 4.69) is 27.3 Å². The van der Waals surface area contributed by atoms with E-state index < -0.39 is 0 Å². The molecule has 0 aliphatic rings. The molecule has 20 heavy (non-hydrogen) atoms. The molecule has 0 saturated heterocycles. The van der Waals surface area contributed by atoms with Crippen LogP contribution in [0.2, 0.25) is 0 Å². The molecule has 0 unspecified atom stereocenters. The molecule has 0 atom stereocenters. The molecule has 2 rings (SSSR count). The lowest BCUT2D eigenvalue weighted by molar-refractivity contribution is 0.477. The molecule has 0 fully saturated rings. The summed E-state index contributed by atoms with van der Waals surface area (Å²) < 4.78 is 6.71. The second-order valence-corrected chi connectivity index (χ2v) is 5.36. The van der Waals surface area contributed by atoms with Crippen LogP contribution in [0.4, 0.5) is 0 Å². The first-order valence-electron chi connectivity index (χ1n) is 6.25. The number of nitrogens with zero attached hydrogens (tertiary/aromatic N) is 1. The Morgan fingerprint density at radius 2 is 1.95 bits per heavy atom. The van der Waals surface area contributed by atoms with Crippen LogP contribution in [0.15, 0.2) is 40.9 Å². The number of aryl methyl sites for hydroxylation is 1. The van der Waals surface area contributed by atoms with Gasteiger partial charge in [0.2, 0.25) is 0 Å². The van der Waals surface area contributed by atoms with Crippen molar-refractivity contribution in [3.05, 3.63) is 57.6 Å². The van der Waals surface area contributed by atoms with Gasteiger partial charge in [0.05, 0.1) is 10.0 Å². The molecule has 0 aromatic heterocycles.